The van der Waals surface area contributed by atoms with E-state index in [4.69, 9.17) is 4.74 Å². The number of imide groups is 1. The highest BCUT2D eigenvalue weighted by Crippen LogP contribution is 2.40. The molecule has 1 aromatic carbocycles. The summed E-state index contributed by atoms with van der Waals surface area (Å²) in [7, 11) is 0. The van der Waals surface area contributed by atoms with Crippen molar-refractivity contribution in [3.63, 3.8) is 0 Å². The molecule has 2 aliphatic heterocycles. The molecule has 0 radical (unpaired) electrons. The minimum Gasteiger partial charge on any atom is -0.508 e. The summed E-state index contributed by atoms with van der Waals surface area (Å²) < 4.78 is 5.19. The van der Waals surface area contributed by atoms with Crippen LogP contribution in [0.3, 0.4) is 0 Å². The summed E-state index contributed by atoms with van der Waals surface area (Å²) >= 11 is 0. The van der Waals surface area contributed by atoms with Crippen LogP contribution in [0.1, 0.15) is 18.4 Å². The molecule has 2 aliphatic rings. The van der Waals surface area contributed by atoms with Crippen LogP contribution in [-0.2, 0) is 14.3 Å². The number of amidine groups is 1. The summed E-state index contributed by atoms with van der Waals surface area (Å²) in [5.41, 5.74) is 1.02. The molecule has 0 spiro atoms. The van der Waals surface area contributed by atoms with Crippen molar-refractivity contribution >= 4 is 29.5 Å². The summed E-state index contributed by atoms with van der Waals surface area (Å²) in [6, 6.07) is 5.38. The quantitative estimate of drug-likeness (QED) is 0.628. The van der Waals surface area contributed by atoms with E-state index in [2.05, 4.69) is 21.9 Å². The monoisotopic (exact) mass is 355 g/mol. The smallest absolute Gasteiger partial charge is 0.349 e. The van der Waals surface area contributed by atoms with Crippen LogP contribution in [0.4, 0.5) is 4.79 Å². The number of phenolic OH excluding ortho intramolecular Hbond substituents is 1. The molecule has 134 valence electrons. The Labute approximate surface area is 149 Å². The lowest BCUT2D eigenvalue weighted by molar-refractivity contribution is -0.146. The van der Waals surface area contributed by atoms with E-state index in [1.165, 1.54) is 18.2 Å². The van der Waals surface area contributed by atoms with Crippen molar-refractivity contribution in [1.29, 1.82) is 0 Å². The summed E-state index contributed by atoms with van der Waals surface area (Å²) in [6.45, 7) is 5.17. The first-order valence-electron chi connectivity index (χ1n) is 7.97. The number of esters is 1. The molecule has 0 bridgehead atoms. The minimum absolute atomic E-state index is 0.0290. The Morgan fingerprint density at radius 3 is 2.65 bits per heavy atom. The van der Waals surface area contributed by atoms with Gasteiger partial charge >= 0.3 is 12.0 Å². The molecule has 8 heteroatoms. The molecule has 3 atom stereocenters. The lowest BCUT2D eigenvalue weighted by Gasteiger charge is -2.36. The number of benzene rings is 1. The van der Waals surface area contributed by atoms with E-state index in [0.717, 1.165) is 0 Å². The van der Waals surface area contributed by atoms with Gasteiger partial charge in [0.2, 0.25) is 5.91 Å². The Balaban J connectivity index is 2.12. The summed E-state index contributed by atoms with van der Waals surface area (Å²) in [5, 5.41) is 11.7. The number of hydrogen-bond donors (Lipinski definition) is 2. The standard InChI is InChI=1S/C18H17N3O5/c1-3-8-26-17(24)12-9(2)19-15-14(16(23)21-18(25)20-15)13(12)10-4-6-11(22)7-5-10/h3-7,12-14,22H,1,8H2,2H3,(H,21,23,25). The van der Waals surface area contributed by atoms with Gasteiger partial charge in [0, 0.05) is 11.6 Å². The Kier molecular flexibility index (Phi) is 4.66. The van der Waals surface area contributed by atoms with E-state index < -0.39 is 35.7 Å². The molecule has 0 fully saturated rings. The zero-order valence-electron chi connectivity index (χ0n) is 14.0. The maximum absolute atomic E-state index is 12.6. The number of amides is 3. The second kappa shape index (κ2) is 6.91. The Morgan fingerprint density at radius 1 is 1.31 bits per heavy atom. The molecule has 8 nitrogen and oxygen atoms in total. The van der Waals surface area contributed by atoms with Gasteiger partial charge in [-0.25, -0.2) is 9.79 Å². The summed E-state index contributed by atoms with van der Waals surface area (Å²) in [5.74, 6) is -3.41. The highest BCUT2D eigenvalue weighted by molar-refractivity contribution is 6.22. The highest BCUT2D eigenvalue weighted by Gasteiger charge is 2.49. The topological polar surface area (TPSA) is 117 Å². The van der Waals surface area contributed by atoms with E-state index in [-0.39, 0.29) is 18.2 Å². The van der Waals surface area contributed by atoms with Crippen LogP contribution in [0, 0.1) is 11.8 Å². The lowest BCUT2D eigenvalue weighted by atomic mass is 9.71. The molecule has 2 N–H and O–H groups in total. The first-order valence-corrected chi connectivity index (χ1v) is 7.97. The van der Waals surface area contributed by atoms with Crippen molar-refractivity contribution < 1.29 is 24.2 Å². The maximum atomic E-state index is 12.6. The van der Waals surface area contributed by atoms with E-state index in [9.17, 15) is 19.5 Å². The third-order valence-corrected chi connectivity index (χ3v) is 4.34. The normalized spacial score (nSPS) is 24.7. The van der Waals surface area contributed by atoms with Gasteiger partial charge in [-0.3, -0.25) is 14.9 Å². The average molecular weight is 355 g/mol. The van der Waals surface area contributed by atoms with Crippen LogP contribution in [0.2, 0.25) is 0 Å². The number of rotatable bonds is 4. The molecule has 0 saturated heterocycles. The number of fused-ring (bicyclic) bond motifs is 1. The van der Waals surface area contributed by atoms with Crippen LogP contribution in [0.5, 0.6) is 5.75 Å². The second-order valence-electron chi connectivity index (χ2n) is 6.01. The number of nitrogens with zero attached hydrogens (tertiary/aromatic N) is 2. The molecule has 0 saturated carbocycles. The number of carbonyl (C=O) groups is 3. The molecular weight excluding hydrogens is 338 g/mol. The van der Waals surface area contributed by atoms with Gasteiger partial charge in [0.25, 0.3) is 0 Å². The number of urea groups is 1. The fourth-order valence-corrected chi connectivity index (χ4v) is 3.25. The van der Waals surface area contributed by atoms with Crippen molar-refractivity contribution in [3.05, 3.63) is 42.5 Å². The molecule has 2 heterocycles. The lowest BCUT2D eigenvalue weighted by Crippen LogP contribution is -2.51. The molecule has 3 rings (SSSR count). The van der Waals surface area contributed by atoms with Crippen molar-refractivity contribution in [1.82, 2.24) is 5.32 Å². The summed E-state index contributed by atoms with van der Waals surface area (Å²) in [4.78, 5) is 44.7. The zero-order valence-corrected chi connectivity index (χ0v) is 14.0. The van der Waals surface area contributed by atoms with Crippen LogP contribution in [0.15, 0.2) is 46.9 Å². The van der Waals surface area contributed by atoms with Crippen LogP contribution in [0.25, 0.3) is 0 Å². The fraction of sp³-hybridized carbons (Fsp3) is 0.278. The molecule has 0 aliphatic carbocycles. The number of nitrogens with one attached hydrogen (secondary N) is 1. The average Bonchev–Trinajstić information content (AvgIpc) is 2.59. The van der Waals surface area contributed by atoms with Gasteiger partial charge in [-0.2, -0.15) is 4.99 Å². The van der Waals surface area contributed by atoms with Crippen molar-refractivity contribution in [2.45, 2.75) is 12.8 Å². The highest BCUT2D eigenvalue weighted by atomic mass is 16.5. The van der Waals surface area contributed by atoms with Crippen molar-refractivity contribution in [3.8, 4) is 5.75 Å². The number of phenols is 1. The van der Waals surface area contributed by atoms with Gasteiger partial charge in [-0.15, -0.1) is 0 Å². The van der Waals surface area contributed by atoms with Crippen molar-refractivity contribution in [2.24, 2.45) is 21.8 Å². The number of hydrogen-bond acceptors (Lipinski definition) is 6. The Bertz CT molecular complexity index is 841. The van der Waals surface area contributed by atoms with Crippen LogP contribution in [-0.4, -0.2) is 41.2 Å². The van der Waals surface area contributed by atoms with E-state index in [0.29, 0.717) is 11.3 Å². The van der Waals surface area contributed by atoms with Gasteiger partial charge in [0.05, 0.1) is 0 Å². The number of aromatic hydroxyl groups is 1. The SMILES string of the molecule is C=CCOC(=O)C1C(C)=NC2=NC(=O)NC(=O)C2C1c1ccc(O)cc1. The maximum Gasteiger partial charge on any atom is 0.349 e. The molecular formula is C18H17N3O5. The molecule has 0 aromatic heterocycles. The van der Waals surface area contributed by atoms with E-state index in [1.807, 2.05) is 0 Å². The van der Waals surface area contributed by atoms with Crippen LogP contribution >= 0.6 is 0 Å². The predicted molar refractivity (Wildman–Crippen MR) is 93.1 cm³/mol. The van der Waals surface area contributed by atoms with Gasteiger partial charge in [-0.1, -0.05) is 24.8 Å². The first kappa shape index (κ1) is 17.5. The van der Waals surface area contributed by atoms with Crippen LogP contribution < -0.4 is 5.32 Å². The largest absolute Gasteiger partial charge is 0.508 e. The minimum atomic E-state index is -0.915. The predicted octanol–water partition coefficient (Wildman–Crippen LogP) is 1.56. The fourth-order valence-electron chi connectivity index (χ4n) is 3.25. The van der Waals surface area contributed by atoms with E-state index in [1.54, 1.807) is 19.1 Å². The Hall–Kier alpha value is -3.29. The number of carbonyl (C=O) groups excluding carboxylic acids is 3. The van der Waals surface area contributed by atoms with Gasteiger partial charge in [0.15, 0.2) is 0 Å². The zero-order chi connectivity index (χ0) is 18.8. The third kappa shape index (κ3) is 3.13. The second-order valence-corrected chi connectivity index (χ2v) is 6.01. The number of aliphatic imine (C=N–C) groups is 2. The van der Waals surface area contributed by atoms with Gasteiger partial charge in [0.1, 0.15) is 30.0 Å². The van der Waals surface area contributed by atoms with Gasteiger partial charge < -0.3 is 9.84 Å². The first-order chi connectivity index (χ1) is 12.4. The molecule has 3 unspecified atom stereocenters. The molecule has 3 amide bonds. The van der Waals surface area contributed by atoms with Gasteiger partial charge in [-0.05, 0) is 24.6 Å². The van der Waals surface area contributed by atoms with E-state index >= 15 is 0 Å². The molecule has 1 aromatic rings. The Morgan fingerprint density at radius 2 is 2.00 bits per heavy atom. The number of ether oxygens (including phenoxy) is 1. The summed E-state index contributed by atoms with van der Waals surface area (Å²) in [6.07, 6.45) is 1.45. The van der Waals surface area contributed by atoms with Crippen molar-refractivity contribution in [2.75, 3.05) is 6.61 Å². The molecule has 26 heavy (non-hydrogen) atoms. The third-order valence-electron chi connectivity index (χ3n) is 4.34.